The summed E-state index contributed by atoms with van der Waals surface area (Å²) in [5, 5.41) is 7.55. The molecule has 21 heavy (non-hydrogen) atoms. The molecule has 112 valence electrons. The van der Waals surface area contributed by atoms with Crippen LogP contribution in [0.5, 0.6) is 0 Å². The van der Waals surface area contributed by atoms with Gasteiger partial charge in [-0.2, -0.15) is 4.98 Å². The van der Waals surface area contributed by atoms with Crippen molar-refractivity contribution in [3.8, 4) is 0 Å². The molecule has 2 heterocycles. The van der Waals surface area contributed by atoms with Gasteiger partial charge in [-0.3, -0.25) is 0 Å². The molecule has 0 bridgehead atoms. The van der Waals surface area contributed by atoms with Crippen molar-refractivity contribution >= 4 is 0 Å². The van der Waals surface area contributed by atoms with Crippen molar-refractivity contribution in [3.05, 3.63) is 47.1 Å². The molecule has 1 aromatic heterocycles. The largest absolute Gasteiger partial charge is 0.339 e. The Morgan fingerprint density at radius 2 is 2.29 bits per heavy atom. The van der Waals surface area contributed by atoms with Crippen molar-refractivity contribution < 1.29 is 4.52 Å². The van der Waals surface area contributed by atoms with Gasteiger partial charge in [0.2, 0.25) is 5.89 Å². The summed E-state index contributed by atoms with van der Waals surface area (Å²) < 4.78 is 5.38. The van der Waals surface area contributed by atoms with Crippen LogP contribution in [0, 0.1) is 12.8 Å². The molecular weight excluding hydrogens is 262 g/mol. The van der Waals surface area contributed by atoms with Crippen LogP contribution in [0.1, 0.15) is 35.7 Å². The van der Waals surface area contributed by atoms with Gasteiger partial charge in [0.1, 0.15) is 0 Å². The van der Waals surface area contributed by atoms with E-state index in [4.69, 9.17) is 4.52 Å². The maximum Gasteiger partial charge on any atom is 0.226 e. The maximum absolute atomic E-state index is 5.38. The van der Waals surface area contributed by atoms with Gasteiger partial charge in [-0.1, -0.05) is 35.0 Å². The third-order valence-corrected chi connectivity index (χ3v) is 4.09. The minimum absolute atomic E-state index is 0.654. The van der Waals surface area contributed by atoms with Gasteiger partial charge in [-0.25, -0.2) is 0 Å². The number of nitrogens with zero attached hydrogens (tertiary/aromatic N) is 2. The molecule has 1 atom stereocenters. The fourth-order valence-corrected chi connectivity index (χ4v) is 2.95. The van der Waals surface area contributed by atoms with E-state index in [0.717, 1.165) is 44.1 Å². The number of piperidine rings is 1. The minimum Gasteiger partial charge on any atom is -0.339 e. The lowest BCUT2D eigenvalue weighted by Crippen LogP contribution is -2.31. The van der Waals surface area contributed by atoms with Crippen molar-refractivity contribution in [2.45, 2.75) is 39.0 Å². The summed E-state index contributed by atoms with van der Waals surface area (Å²) in [4.78, 5) is 4.54. The second kappa shape index (κ2) is 6.85. The molecule has 1 aliphatic heterocycles. The molecule has 1 aliphatic rings. The second-order valence-corrected chi connectivity index (χ2v) is 6.01. The average molecular weight is 285 g/mol. The first-order chi connectivity index (χ1) is 10.3. The van der Waals surface area contributed by atoms with E-state index < -0.39 is 0 Å². The minimum atomic E-state index is 0.654. The number of hydrogen-bond donors (Lipinski definition) is 1. The van der Waals surface area contributed by atoms with Gasteiger partial charge >= 0.3 is 0 Å². The summed E-state index contributed by atoms with van der Waals surface area (Å²) in [5.74, 6) is 2.28. The van der Waals surface area contributed by atoms with Crippen LogP contribution in [0.25, 0.3) is 0 Å². The van der Waals surface area contributed by atoms with E-state index in [1.54, 1.807) is 0 Å². The standard InChI is InChI=1S/C17H23N3O/c1-13-4-2-5-14(10-13)7-8-17-19-16(20-21-17)11-15-6-3-9-18-12-15/h2,4-5,10,15,18H,3,6-9,11-12H2,1H3. The molecule has 1 N–H and O–H groups in total. The molecule has 0 aliphatic carbocycles. The summed E-state index contributed by atoms with van der Waals surface area (Å²) in [6.45, 7) is 4.34. The first kappa shape index (κ1) is 14.3. The second-order valence-electron chi connectivity index (χ2n) is 6.01. The predicted molar refractivity (Wildman–Crippen MR) is 82.2 cm³/mol. The number of rotatable bonds is 5. The smallest absolute Gasteiger partial charge is 0.226 e. The Hall–Kier alpha value is -1.68. The first-order valence-corrected chi connectivity index (χ1v) is 7.87. The fourth-order valence-electron chi connectivity index (χ4n) is 2.95. The van der Waals surface area contributed by atoms with Crippen LogP contribution < -0.4 is 5.32 Å². The summed E-state index contributed by atoms with van der Waals surface area (Å²) in [6.07, 6.45) is 5.22. The fraction of sp³-hybridized carbons (Fsp3) is 0.529. The van der Waals surface area contributed by atoms with Crippen LogP contribution in [0.2, 0.25) is 0 Å². The van der Waals surface area contributed by atoms with Crippen LogP contribution in [-0.2, 0) is 19.3 Å². The summed E-state index contributed by atoms with van der Waals surface area (Å²) in [5.41, 5.74) is 2.62. The van der Waals surface area contributed by atoms with E-state index in [9.17, 15) is 0 Å². The highest BCUT2D eigenvalue weighted by atomic mass is 16.5. The summed E-state index contributed by atoms with van der Waals surface area (Å²) in [6, 6.07) is 8.58. The van der Waals surface area contributed by atoms with Gasteiger partial charge in [0.25, 0.3) is 0 Å². The van der Waals surface area contributed by atoms with Gasteiger partial charge in [-0.15, -0.1) is 0 Å². The van der Waals surface area contributed by atoms with Crippen molar-refractivity contribution in [2.75, 3.05) is 13.1 Å². The molecule has 1 fully saturated rings. The summed E-state index contributed by atoms with van der Waals surface area (Å²) >= 11 is 0. The molecular formula is C17H23N3O. The monoisotopic (exact) mass is 285 g/mol. The maximum atomic E-state index is 5.38. The predicted octanol–water partition coefficient (Wildman–Crippen LogP) is 2.71. The van der Waals surface area contributed by atoms with Crippen LogP contribution in [0.4, 0.5) is 0 Å². The normalized spacial score (nSPS) is 18.8. The van der Waals surface area contributed by atoms with Crippen LogP contribution >= 0.6 is 0 Å². The highest BCUT2D eigenvalue weighted by Gasteiger charge is 2.16. The Bertz CT molecular complexity index is 573. The molecule has 0 radical (unpaired) electrons. The number of aryl methyl sites for hydroxylation is 3. The van der Waals surface area contributed by atoms with Crippen LogP contribution in [0.3, 0.4) is 0 Å². The van der Waals surface area contributed by atoms with E-state index in [-0.39, 0.29) is 0 Å². The Morgan fingerprint density at radius 1 is 1.33 bits per heavy atom. The molecule has 1 unspecified atom stereocenters. The highest BCUT2D eigenvalue weighted by molar-refractivity contribution is 5.22. The molecule has 0 saturated carbocycles. The van der Waals surface area contributed by atoms with Crippen LogP contribution in [0.15, 0.2) is 28.8 Å². The summed E-state index contributed by atoms with van der Waals surface area (Å²) in [7, 11) is 0. The highest BCUT2D eigenvalue weighted by Crippen LogP contribution is 2.15. The molecule has 1 saturated heterocycles. The lowest BCUT2D eigenvalue weighted by Gasteiger charge is -2.20. The number of hydrogen-bond acceptors (Lipinski definition) is 4. The van der Waals surface area contributed by atoms with E-state index in [2.05, 4.69) is 46.6 Å². The van der Waals surface area contributed by atoms with Crippen LogP contribution in [-0.4, -0.2) is 23.2 Å². The lowest BCUT2D eigenvalue weighted by atomic mass is 9.96. The van der Waals surface area contributed by atoms with Gasteiger partial charge in [-0.05, 0) is 50.8 Å². The van der Waals surface area contributed by atoms with Gasteiger partial charge in [0, 0.05) is 12.8 Å². The molecule has 0 spiro atoms. The number of benzene rings is 1. The van der Waals surface area contributed by atoms with E-state index >= 15 is 0 Å². The zero-order valence-corrected chi connectivity index (χ0v) is 12.6. The van der Waals surface area contributed by atoms with E-state index in [0.29, 0.717) is 5.92 Å². The third kappa shape index (κ3) is 4.14. The third-order valence-electron chi connectivity index (χ3n) is 4.09. The average Bonchev–Trinajstić information content (AvgIpc) is 2.94. The van der Waals surface area contributed by atoms with Crippen molar-refractivity contribution in [1.29, 1.82) is 0 Å². The number of nitrogens with one attached hydrogen (secondary N) is 1. The molecule has 3 rings (SSSR count). The molecule has 2 aromatic rings. The zero-order valence-electron chi connectivity index (χ0n) is 12.6. The Kier molecular flexibility index (Phi) is 4.65. The van der Waals surface area contributed by atoms with Crippen molar-refractivity contribution in [2.24, 2.45) is 5.92 Å². The van der Waals surface area contributed by atoms with Crippen molar-refractivity contribution in [3.63, 3.8) is 0 Å². The van der Waals surface area contributed by atoms with Crippen molar-refractivity contribution in [1.82, 2.24) is 15.5 Å². The Balaban J connectivity index is 1.52. The topological polar surface area (TPSA) is 51.0 Å². The SMILES string of the molecule is Cc1cccc(CCc2nc(CC3CCCNC3)no2)c1. The quantitative estimate of drug-likeness (QED) is 0.917. The zero-order chi connectivity index (χ0) is 14.5. The Morgan fingerprint density at radius 3 is 3.10 bits per heavy atom. The molecule has 0 amide bonds. The van der Waals surface area contributed by atoms with Gasteiger partial charge in [0.15, 0.2) is 5.82 Å². The number of aromatic nitrogens is 2. The van der Waals surface area contributed by atoms with E-state index in [1.807, 2.05) is 0 Å². The molecule has 4 nitrogen and oxygen atoms in total. The molecule has 1 aromatic carbocycles. The first-order valence-electron chi connectivity index (χ1n) is 7.87. The lowest BCUT2D eigenvalue weighted by molar-refractivity contribution is 0.349. The van der Waals surface area contributed by atoms with Gasteiger partial charge in [0.05, 0.1) is 0 Å². The van der Waals surface area contributed by atoms with E-state index in [1.165, 1.54) is 24.0 Å². The molecule has 4 heteroatoms. The van der Waals surface area contributed by atoms with Gasteiger partial charge < -0.3 is 9.84 Å². The Labute approximate surface area is 126 Å².